The van der Waals surface area contributed by atoms with Gasteiger partial charge in [-0.05, 0) is 17.7 Å². The van der Waals surface area contributed by atoms with Crippen LogP contribution in [0.1, 0.15) is 11.3 Å². The number of imidazole rings is 1. The lowest BCUT2D eigenvalue weighted by atomic mass is 10.1. The first-order chi connectivity index (χ1) is 12.5. The molecule has 8 nitrogen and oxygen atoms in total. The number of benzene rings is 1. The topological polar surface area (TPSA) is 122 Å². The molecule has 0 radical (unpaired) electrons. The Labute approximate surface area is 155 Å². The lowest BCUT2D eigenvalue weighted by Crippen LogP contribution is -2.50. The Morgan fingerprint density at radius 2 is 2.27 bits per heavy atom. The molecule has 0 aliphatic carbocycles. The Morgan fingerprint density at radius 1 is 1.46 bits per heavy atom. The average Bonchev–Trinajstić information content (AvgIpc) is 3.13. The third kappa shape index (κ3) is 5.61. The van der Waals surface area contributed by atoms with Crippen LogP contribution < -0.4 is 21.3 Å². The van der Waals surface area contributed by atoms with E-state index in [0.29, 0.717) is 28.6 Å². The van der Waals surface area contributed by atoms with Crippen LogP contribution in [0.25, 0.3) is 0 Å². The van der Waals surface area contributed by atoms with E-state index in [1.807, 2.05) is 5.43 Å². The molecular weight excluding hydrogens is 358 g/mol. The number of hydrogen-bond acceptors (Lipinski definition) is 5. The smallest absolute Gasteiger partial charge is 0.256 e. The molecule has 1 aromatic heterocycles. The second kappa shape index (κ2) is 9.59. The van der Waals surface area contributed by atoms with Gasteiger partial charge in [0.05, 0.1) is 23.5 Å². The molecule has 0 aliphatic heterocycles. The van der Waals surface area contributed by atoms with Gasteiger partial charge in [0.15, 0.2) is 0 Å². The van der Waals surface area contributed by atoms with Crippen molar-refractivity contribution in [1.82, 2.24) is 20.7 Å². The van der Waals surface area contributed by atoms with E-state index < -0.39 is 11.9 Å². The van der Waals surface area contributed by atoms with Gasteiger partial charge in [-0.15, -0.1) is 0 Å². The van der Waals surface area contributed by atoms with Crippen molar-refractivity contribution in [3.63, 3.8) is 0 Å². The lowest BCUT2D eigenvalue weighted by molar-refractivity contribution is -0.128. The highest BCUT2D eigenvalue weighted by Gasteiger charge is 2.21. The summed E-state index contributed by atoms with van der Waals surface area (Å²) in [6.07, 6.45) is 5.01. The van der Waals surface area contributed by atoms with Gasteiger partial charge in [0.1, 0.15) is 18.4 Å². The molecule has 1 atom stereocenters. The molecule has 0 saturated heterocycles. The van der Waals surface area contributed by atoms with Crippen LogP contribution in [-0.2, 0) is 22.4 Å². The molecule has 0 fully saturated rings. The van der Waals surface area contributed by atoms with Crippen LogP contribution in [0.15, 0.2) is 43.4 Å². The van der Waals surface area contributed by atoms with E-state index in [-0.39, 0.29) is 18.7 Å². The molecule has 2 amide bonds. The number of H-pyrrole nitrogens is 1. The highest BCUT2D eigenvalue weighted by molar-refractivity contribution is 6.32. The van der Waals surface area contributed by atoms with E-state index in [1.165, 1.54) is 6.33 Å². The number of hydrogen-bond donors (Lipinski definition) is 4. The maximum Gasteiger partial charge on any atom is 0.256 e. The van der Waals surface area contributed by atoms with E-state index in [0.717, 1.165) is 0 Å². The van der Waals surface area contributed by atoms with Gasteiger partial charge in [-0.1, -0.05) is 30.3 Å². The fraction of sp³-hybridized carbons (Fsp3) is 0.235. The molecule has 0 spiro atoms. The van der Waals surface area contributed by atoms with E-state index in [4.69, 9.17) is 22.2 Å². The molecule has 5 N–H and O–H groups in total. The molecule has 0 saturated carbocycles. The predicted molar refractivity (Wildman–Crippen MR) is 97.4 cm³/mol. The van der Waals surface area contributed by atoms with Gasteiger partial charge in [0.2, 0.25) is 5.91 Å². The summed E-state index contributed by atoms with van der Waals surface area (Å²) in [4.78, 5) is 31.0. The maximum absolute atomic E-state index is 12.3. The van der Waals surface area contributed by atoms with Crippen LogP contribution in [0.2, 0.25) is 5.02 Å². The molecular formula is C17H20ClN5O3. The van der Waals surface area contributed by atoms with Crippen molar-refractivity contribution >= 4 is 23.4 Å². The predicted octanol–water partition coefficient (Wildman–Crippen LogP) is 0.888. The van der Waals surface area contributed by atoms with Crippen molar-refractivity contribution in [3.05, 3.63) is 59.7 Å². The van der Waals surface area contributed by atoms with Crippen LogP contribution in [-0.4, -0.2) is 34.4 Å². The summed E-state index contributed by atoms with van der Waals surface area (Å²) in [6.45, 7) is 3.90. The zero-order valence-electron chi connectivity index (χ0n) is 14.0. The molecule has 2 aromatic rings. The van der Waals surface area contributed by atoms with Crippen molar-refractivity contribution in [2.24, 2.45) is 5.84 Å². The van der Waals surface area contributed by atoms with Crippen molar-refractivity contribution in [3.8, 4) is 5.75 Å². The number of ether oxygens (including phenoxy) is 1. The average molecular weight is 378 g/mol. The van der Waals surface area contributed by atoms with Crippen LogP contribution in [0.3, 0.4) is 0 Å². The van der Waals surface area contributed by atoms with Crippen molar-refractivity contribution in [2.45, 2.75) is 18.9 Å². The van der Waals surface area contributed by atoms with E-state index >= 15 is 0 Å². The van der Waals surface area contributed by atoms with Crippen LogP contribution in [0.4, 0.5) is 0 Å². The number of amides is 2. The molecule has 0 bridgehead atoms. The molecule has 0 unspecified atom stereocenters. The fourth-order valence-corrected chi connectivity index (χ4v) is 2.53. The summed E-state index contributed by atoms with van der Waals surface area (Å²) >= 11 is 6.14. The second-order valence-corrected chi connectivity index (χ2v) is 5.84. The van der Waals surface area contributed by atoms with Crippen LogP contribution >= 0.6 is 11.6 Å². The molecule has 1 heterocycles. The Bertz CT molecular complexity index is 764. The number of nitrogens with two attached hydrogens (primary N) is 1. The number of nitrogens with one attached hydrogen (secondary N) is 3. The number of carbonyl (C=O) groups is 2. The SMILES string of the molecule is C=CCOc1ccc(CC(=O)N[C@@H](Cc2c[nH]cn2)C(=O)NN)cc1Cl. The third-order valence-corrected chi connectivity index (χ3v) is 3.78. The number of carbonyl (C=O) groups excluding carboxylic acids is 2. The molecule has 138 valence electrons. The first kappa shape index (κ1) is 19.5. The molecule has 0 aliphatic rings. The third-order valence-electron chi connectivity index (χ3n) is 3.48. The van der Waals surface area contributed by atoms with Gasteiger partial charge < -0.3 is 15.0 Å². The maximum atomic E-state index is 12.3. The first-order valence-electron chi connectivity index (χ1n) is 7.83. The number of nitrogens with zero attached hydrogens (tertiary/aromatic N) is 1. The Balaban J connectivity index is 1.99. The fourth-order valence-electron chi connectivity index (χ4n) is 2.27. The van der Waals surface area contributed by atoms with Crippen molar-refractivity contribution < 1.29 is 14.3 Å². The molecule has 2 rings (SSSR count). The van der Waals surface area contributed by atoms with Crippen LogP contribution in [0, 0.1) is 0 Å². The zero-order valence-corrected chi connectivity index (χ0v) is 14.8. The molecule has 1 aromatic carbocycles. The van der Waals surface area contributed by atoms with Crippen LogP contribution in [0.5, 0.6) is 5.75 Å². The van der Waals surface area contributed by atoms with E-state index in [9.17, 15) is 9.59 Å². The summed E-state index contributed by atoms with van der Waals surface area (Å²) < 4.78 is 5.39. The lowest BCUT2D eigenvalue weighted by Gasteiger charge is -2.16. The van der Waals surface area contributed by atoms with Gasteiger partial charge >= 0.3 is 0 Å². The van der Waals surface area contributed by atoms with Gasteiger partial charge in [-0.3, -0.25) is 15.0 Å². The molecule has 9 heteroatoms. The van der Waals surface area contributed by atoms with Gasteiger partial charge in [0.25, 0.3) is 5.91 Å². The van der Waals surface area contributed by atoms with E-state index in [1.54, 1.807) is 30.5 Å². The minimum absolute atomic E-state index is 0.0520. The number of rotatable bonds is 9. The Hall–Kier alpha value is -2.84. The summed E-state index contributed by atoms with van der Waals surface area (Å²) in [7, 11) is 0. The van der Waals surface area contributed by atoms with Gasteiger partial charge in [-0.25, -0.2) is 10.8 Å². The minimum atomic E-state index is -0.832. The minimum Gasteiger partial charge on any atom is -0.488 e. The normalized spacial score (nSPS) is 11.5. The number of aromatic amines is 1. The van der Waals surface area contributed by atoms with Gasteiger partial charge in [-0.2, -0.15) is 0 Å². The quantitative estimate of drug-likeness (QED) is 0.224. The largest absolute Gasteiger partial charge is 0.488 e. The standard InChI is InChI=1S/C17H20ClN5O3/c1-2-5-26-15-4-3-11(6-13(15)18)7-16(24)22-14(17(25)23-19)8-12-9-20-10-21-12/h2-4,6,9-10,14H,1,5,7-8,19H2,(H,20,21)(H,22,24)(H,23,25)/t14-/m0/s1. The summed E-state index contributed by atoms with van der Waals surface area (Å²) in [5, 5.41) is 3.04. The summed E-state index contributed by atoms with van der Waals surface area (Å²) in [5.74, 6) is 4.85. The number of hydrazine groups is 1. The zero-order chi connectivity index (χ0) is 18.9. The first-order valence-corrected chi connectivity index (χ1v) is 8.21. The van der Waals surface area contributed by atoms with E-state index in [2.05, 4.69) is 21.9 Å². The van der Waals surface area contributed by atoms with Gasteiger partial charge in [0, 0.05) is 12.6 Å². The summed E-state index contributed by atoms with van der Waals surface area (Å²) in [5.41, 5.74) is 3.36. The van der Waals surface area contributed by atoms with Crippen molar-refractivity contribution in [2.75, 3.05) is 6.61 Å². The summed E-state index contributed by atoms with van der Waals surface area (Å²) in [6, 6.07) is 4.23. The Kier molecular flexibility index (Phi) is 7.19. The highest BCUT2D eigenvalue weighted by atomic mass is 35.5. The molecule has 26 heavy (non-hydrogen) atoms. The number of halogens is 1. The highest BCUT2D eigenvalue weighted by Crippen LogP contribution is 2.25. The van der Waals surface area contributed by atoms with Crippen molar-refractivity contribution in [1.29, 1.82) is 0 Å². The Morgan fingerprint density at radius 3 is 2.88 bits per heavy atom. The number of aromatic nitrogens is 2. The monoisotopic (exact) mass is 377 g/mol. The second-order valence-electron chi connectivity index (χ2n) is 5.43.